The van der Waals surface area contributed by atoms with Crippen molar-refractivity contribution in [2.75, 3.05) is 0 Å². The van der Waals surface area contributed by atoms with Crippen LogP contribution in [0.4, 0.5) is 0 Å². The summed E-state index contributed by atoms with van der Waals surface area (Å²) in [6.07, 6.45) is 0. The van der Waals surface area contributed by atoms with Gasteiger partial charge in [0.05, 0.1) is 11.0 Å². The van der Waals surface area contributed by atoms with Crippen molar-refractivity contribution in [3.63, 3.8) is 0 Å². The summed E-state index contributed by atoms with van der Waals surface area (Å²) in [5.41, 5.74) is 7.14. The number of hydrogen-bond donors (Lipinski definition) is 1. The van der Waals surface area contributed by atoms with Gasteiger partial charge in [0.1, 0.15) is 5.82 Å². The van der Waals surface area contributed by atoms with Crippen LogP contribution in [-0.2, 0) is 0 Å². The summed E-state index contributed by atoms with van der Waals surface area (Å²) in [7, 11) is 0. The molecule has 0 unspecified atom stereocenters. The predicted octanol–water partition coefficient (Wildman–Crippen LogP) is 4.16. The fraction of sp³-hybridized carbons (Fsp3) is 0.188. The Labute approximate surface area is 107 Å². The van der Waals surface area contributed by atoms with Gasteiger partial charge in [0, 0.05) is 5.56 Å². The monoisotopic (exact) mass is 236 g/mol. The van der Waals surface area contributed by atoms with Crippen molar-refractivity contribution >= 4 is 11.0 Å². The molecule has 90 valence electrons. The lowest BCUT2D eigenvalue weighted by Gasteiger charge is -2.05. The highest BCUT2D eigenvalue weighted by molar-refractivity contribution is 5.82. The molecule has 1 aromatic heterocycles. The SMILES string of the molecule is Cc1cccc(-c2nc3c(C)cccc3[nH]2)c1C. The Morgan fingerprint density at radius 2 is 1.61 bits per heavy atom. The molecule has 0 amide bonds. The number of rotatable bonds is 1. The summed E-state index contributed by atoms with van der Waals surface area (Å²) in [4.78, 5) is 8.14. The Hall–Kier alpha value is -2.09. The van der Waals surface area contributed by atoms with Crippen LogP contribution in [0.5, 0.6) is 0 Å². The summed E-state index contributed by atoms with van der Waals surface area (Å²) in [6, 6.07) is 12.6. The van der Waals surface area contributed by atoms with Gasteiger partial charge in [-0.3, -0.25) is 0 Å². The minimum absolute atomic E-state index is 0.959. The van der Waals surface area contributed by atoms with E-state index in [-0.39, 0.29) is 0 Å². The van der Waals surface area contributed by atoms with E-state index in [1.807, 2.05) is 0 Å². The molecule has 0 atom stereocenters. The second kappa shape index (κ2) is 3.98. The van der Waals surface area contributed by atoms with Crippen molar-refractivity contribution < 1.29 is 0 Å². The number of hydrogen-bond acceptors (Lipinski definition) is 1. The number of fused-ring (bicyclic) bond motifs is 1. The molecule has 3 rings (SSSR count). The molecule has 2 heteroatoms. The highest BCUT2D eigenvalue weighted by Crippen LogP contribution is 2.26. The number of aromatic amines is 1. The number of benzene rings is 2. The van der Waals surface area contributed by atoms with Gasteiger partial charge in [-0.1, -0.05) is 30.3 Å². The number of imidazole rings is 1. The lowest BCUT2D eigenvalue weighted by atomic mass is 10.0. The topological polar surface area (TPSA) is 28.7 Å². The summed E-state index contributed by atoms with van der Waals surface area (Å²) in [6.45, 7) is 6.37. The lowest BCUT2D eigenvalue weighted by molar-refractivity contribution is 1.27. The molecule has 0 aliphatic heterocycles. The van der Waals surface area contributed by atoms with Gasteiger partial charge in [0.15, 0.2) is 0 Å². The molecule has 0 saturated heterocycles. The van der Waals surface area contributed by atoms with E-state index in [2.05, 4.69) is 62.2 Å². The second-order valence-corrected chi connectivity index (χ2v) is 4.80. The van der Waals surface area contributed by atoms with E-state index in [1.165, 1.54) is 22.3 Å². The highest BCUT2D eigenvalue weighted by atomic mass is 14.9. The third kappa shape index (κ3) is 1.61. The van der Waals surface area contributed by atoms with Gasteiger partial charge in [-0.25, -0.2) is 4.98 Å². The quantitative estimate of drug-likeness (QED) is 0.675. The van der Waals surface area contributed by atoms with Crippen LogP contribution in [0.25, 0.3) is 22.4 Å². The summed E-state index contributed by atoms with van der Waals surface area (Å²) < 4.78 is 0. The van der Waals surface area contributed by atoms with Crippen LogP contribution in [-0.4, -0.2) is 9.97 Å². The maximum absolute atomic E-state index is 4.73. The number of aromatic nitrogens is 2. The van der Waals surface area contributed by atoms with E-state index in [9.17, 15) is 0 Å². The molecule has 0 fully saturated rings. The van der Waals surface area contributed by atoms with Crippen molar-refractivity contribution in [2.45, 2.75) is 20.8 Å². The van der Waals surface area contributed by atoms with Crippen molar-refractivity contribution in [1.29, 1.82) is 0 Å². The molecule has 3 aromatic rings. The zero-order chi connectivity index (χ0) is 12.7. The molecule has 0 radical (unpaired) electrons. The Kier molecular flexibility index (Phi) is 2.44. The molecule has 2 aromatic carbocycles. The zero-order valence-corrected chi connectivity index (χ0v) is 10.9. The molecule has 1 N–H and O–H groups in total. The summed E-state index contributed by atoms with van der Waals surface area (Å²) in [5, 5.41) is 0. The van der Waals surface area contributed by atoms with Crippen LogP contribution >= 0.6 is 0 Å². The molecule has 18 heavy (non-hydrogen) atoms. The van der Waals surface area contributed by atoms with E-state index < -0.39 is 0 Å². The van der Waals surface area contributed by atoms with Gasteiger partial charge >= 0.3 is 0 Å². The van der Waals surface area contributed by atoms with Gasteiger partial charge in [-0.15, -0.1) is 0 Å². The van der Waals surface area contributed by atoms with Gasteiger partial charge in [-0.05, 0) is 43.5 Å². The first-order chi connectivity index (χ1) is 8.66. The van der Waals surface area contributed by atoms with E-state index in [0.29, 0.717) is 0 Å². The number of aryl methyl sites for hydroxylation is 2. The third-order valence-corrected chi connectivity index (χ3v) is 3.57. The van der Waals surface area contributed by atoms with Crippen LogP contribution in [0.1, 0.15) is 16.7 Å². The fourth-order valence-corrected chi connectivity index (χ4v) is 2.31. The number of nitrogens with zero attached hydrogens (tertiary/aromatic N) is 1. The van der Waals surface area contributed by atoms with Crippen LogP contribution in [0.2, 0.25) is 0 Å². The van der Waals surface area contributed by atoms with Crippen LogP contribution in [0.3, 0.4) is 0 Å². The van der Waals surface area contributed by atoms with Gasteiger partial charge in [0.2, 0.25) is 0 Å². The first-order valence-corrected chi connectivity index (χ1v) is 6.19. The van der Waals surface area contributed by atoms with Crippen LogP contribution < -0.4 is 0 Å². The predicted molar refractivity (Wildman–Crippen MR) is 75.7 cm³/mol. The Morgan fingerprint density at radius 3 is 2.39 bits per heavy atom. The Balaban J connectivity index is 2.26. The Bertz CT molecular complexity index is 723. The standard InChI is InChI=1S/C16H16N2/c1-10-6-4-8-13(12(10)3)16-17-14-9-5-7-11(2)15(14)18-16/h4-9H,1-3H3,(H,17,18). The minimum Gasteiger partial charge on any atom is -0.338 e. The highest BCUT2D eigenvalue weighted by Gasteiger charge is 2.09. The largest absolute Gasteiger partial charge is 0.338 e. The van der Waals surface area contributed by atoms with E-state index in [0.717, 1.165) is 16.9 Å². The molecular formula is C16H16N2. The molecule has 0 saturated carbocycles. The maximum Gasteiger partial charge on any atom is 0.138 e. The molecule has 2 nitrogen and oxygen atoms in total. The molecule has 0 spiro atoms. The van der Waals surface area contributed by atoms with Crippen molar-refractivity contribution in [2.24, 2.45) is 0 Å². The lowest BCUT2D eigenvalue weighted by Crippen LogP contribution is -1.88. The average molecular weight is 236 g/mol. The minimum atomic E-state index is 0.959. The molecule has 0 aliphatic carbocycles. The maximum atomic E-state index is 4.73. The van der Waals surface area contributed by atoms with Gasteiger partial charge < -0.3 is 4.98 Å². The van der Waals surface area contributed by atoms with Crippen molar-refractivity contribution in [3.05, 3.63) is 53.1 Å². The van der Waals surface area contributed by atoms with Gasteiger partial charge in [0.25, 0.3) is 0 Å². The van der Waals surface area contributed by atoms with Gasteiger partial charge in [-0.2, -0.15) is 0 Å². The smallest absolute Gasteiger partial charge is 0.138 e. The fourth-order valence-electron chi connectivity index (χ4n) is 2.31. The average Bonchev–Trinajstić information content (AvgIpc) is 2.78. The number of H-pyrrole nitrogens is 1. The first-order valence-electron chi connectivity index (χ1n) is 6.19. The molecule has 0 bridgehead atoms. The number of nitrogens with one attached hydrogen (secondary N) is 1. The second-order valence-electron chi connectivity index (χ2n) is 4.80. The molecular weight excluding hydrogens is 220 g/mol. The Morgan fingerprint density at radius 1 is 0.889 bits per heavy atom. The summed E-state index contributed by atoms with van der Waals surface area (Å²) >= 11 is 0. The van der Waals surface area contributed by atoms with Crippen LogP contribution in [0, 0.1) is 20.8 Å². The summed E-state index contributed by atoms with van der Waals surface area (Å²) in [5.74, 6) is 0.959. The van der Waals surface area contributed by atoms with Crippen molar-refractivity contribution in [1.82, 2.24) is 9.97 Å². The zero-order valence-electron chi connectivity index (χ0n) is 10.9. The van der Waals surface area contributed by atoms with E-state index in [4.69, 9.17) is 4.98 Å². The number of para-hydroxylation sites is 1. The first kappa shape index (κ1) is 11.0. The van der Waals surface area contributed by atoms with E-state index >= 15 is 0 Å². The normalized spacial score (nSPS) is 11.1. The van der Waals surface area contributed by atoms with E-state index in [1.54, 1.807) is 0 Å². The third-order valence-electron chi connectivity index (χ3n) is 3.57. The molecule has 1 heterocycles. The van der Waals surface area contributed by atoms with Crippen LogP contribution in [0.15, 0.2) is 36.4 Å². The molecule has 0 aliphatic rings. The van der Waals surface area contributed by atoms with Crippen molar-refractivity contribution in [3.8, 4) is 11.4 Å².